The largest absolute Gasteiger partial charge is 0.480 e. The van der Waals surface area contributed by atoms with Crippen LogP contribution in [0.3, 0.4) is 0 Å². The van der Waals surface area contributed by atoms with Crippen molar-refractivity contribution in [3.8, 4) is 0 Å². The SMILES string of the molecule is CC[C@H]1CCN(C(C(=O)CN)[C@@H]2CCCN2)C1C(=O)NC(CCSC)C(=O)O. The van der Waals surface area contributed by atoms with Crippen molar-refractivity contribution in [1.29, 1.82) is 0 Å². The monoisotopic (exact) mass is 414 g/mol. The number of ketones is 1. The number of thioether (sulfide) groups is 1. The van der Waals surface area contributed by atoms with E-state index >= 15 is 0 Å². The van der Waals surface area contributed by atoms with Crippen molar-refractivity contribution in [2.24, 2.45) is 11.7 Å². The van der Waals surface area contributed by atoms with Crippen LogP contribution in [0.1, 0.15) is 39.0 Å². The Morgan fingerprint density at radius 1 is 1.36 bits per heavy atom. The number of carboxylic acid groups (broad SMARTS) is 1. The Hall–Kier alpha value is -1.16. The second-order valence-electron chi connectivity index (χ2n) is 7.64. The summed E-state index contributed by atoms with van der Waals surface area (Å²) < 4.78 is 0. The molecule has 2 saturated heterocycles. The third-order valence-corrected chi connectivity index (χ3v) is 6.59. The van der Waals surface area contributed by atoms with Crippen molar-refractivity contribution in [1.82, 2.24) is 15.5 Å². The molecule has 2 heterocycles. The molecule has 5 atom stereocenters. The van der Waals surface area contributed by atoms with E-state index in [9.17, 15) is 19.5 Å². The molecule has 3 unspecified atom stereocenters. The Balaban J connectivity index is 2.21. The Kier molecular flexibility index (Phi) is 9.20. The average molecular weight is 415 g/mol. The third-order valence-electron chi connectivity index (χ3n) is 5.95. The summed E-state index contributed by atoms with van der Waals surface area (Å²) >= 11 is 1.55. The zero-order chi connectivity index (χ0) is 20.7. The maximum absolute atomic E-state index is 13.1. The van der Waals surface area contributed by atoms with Gasteiger partial charge < -0.3 is 21.5 Å². The minimum absolute atomic E-state index is 0.00582. The lowest BCUT2D eigenvalue weighted by Gasteiger charge is -2.36. The molecule has 0 aromatic carbocycles. The van der Waals surface area contributed by atoms with Crippen LogP contribution in [0.4, 0.5) is 0 Å². The molecule has 28 heavy (non-hydrogen) atoms. The first kappa shape index (κ1) is 23.1. The van der Waals surface area contributed by atoms with Gasteiger partial charge in [-0.15, -0.1) is 0 Å². The van der Waals surface area contributed by atoms with Crippen LogP contribution in [0.2, 0.25) is 0 Å². The fraction of sp³-hybridized carbons (Fsp3) is 0.842. The Morgan fingerprint density at radius 3 is 2.64 bits per heavy atom. The molecule has 2 aliphatic rings. The van der Waals surface area contributed by atoms with Crippen molar-refractivity contribution in [2.75, 3.05) is 31.6 Å². The number of carbonyl (C=O) groups excluding carboxylic acids is 2. The normalized spacial score (nSPS) is 27.5. The molecule has 0 spiro atoms. The zero-order valence-corrected chi connectivity index (χ0v) is 17.7. The van der Waals surface area contributed by atoms with Crippen LogP contribution in [0.5, 0.6) is 0 Å². The van der Waals surface area contributed by atoms with E-state index in [1.165, 1.54) is 0 Å². The summed E-state index contributed by atoms with van der Waals surface area (Å²) in [6.45, 7) is 3.48. The molecule has 0 radical (unpaired) electrons. The van der Waals surface area contributed by atoms with Crippen LogP contribution >= 0.6 is 11.8 Å². The lowest BCUT2D eigenvalue weighted by atomic mass is 9.93. The van der Waals surface area contributed by atoms with E-state index in [0.717, 1.165) is 32.2 Å². The number of hydrogen-bond donors (Lipinski definition) is 4. The highest BCUT2D eigenvalue weighted by atomic mass is 32.2. The Bertz CT molecular complexity index is 556. The minimum Gasteiger partial charge on any atom is -0.480 e. The molecule has 2 rings (SSSR count). The van der Waals surface area contributed by atoms with Gasteiger partial charge in [0.2, 0.25) is 5.91 Å². The summed E-state index contributed by atoms with van der Waals surface area (Å²) in [6.07, 6.45) is 5.78. The van der Waals surface area contributed by atoms with E-state index in [4.69, 9.17) is 5.73 Å². The van der Waals surface area contributed by atoms with Gasteiger partial charge in [-0.05, 0) is 50.2 Å². The quantitative estimate of drug-likeness (QED) is 0.374. The lowest BCUT2D eigenvalue weighted by Crippen LogP contribution is -2.60. The number of hydrogen-bond acceptors (Lipinski definition) is 7. The van der Waals surface area contributed by atoms with Gasteiger partial charge in [0.05, 0.1) is 18.6 Å². The molecule has 8 nitrogen and oxygen atoms in total. The van der Waals surface area contributed by atoms with Gasteiger partial charge in [-0.1, -0.05) is 13.3 Å². The molecule has 0 aromatic rings. The molecule has 0 aromatic heterocycles. The predicted octanol–water partition coefficient (Wildman–Crippen LogP) is 0.0578. The van der Waals surface area contributed by atoms with Gasteiger partial charge in [0.25, 0.3) is 0 Å². The highest BCUT2D eigenvalue weighted by molar-refractivity contribution is 7.98. The number of nitrogens with two attached hydrogens (primary N) is 1. The summed E-state index contributed by atoms with van der Waals surface area (Å²) in [4.78, 5) is 39.4. The van der Waals surface area contributed by atoms with Gasteiger partial charge in [-0.25, -0.2) is 4.79 Å². The lowest BCUT2D eigenvalue weighted by molar-refractivity contribution is -0.143. The highest BCUT2D eigenvalue weighted by Crippen LogP contribution is 2.31. The summed E-state index contributed by atoms with van der Waals surface area (Å²) in [7, 11) is 0. The number of Topliss-reactive ketones (excluding diaryl/α,β-unsaturated/α-hetero) is 1. The van der Waals surface area contributed by atoms with Crippen LogP contribution in [0, 0.1) is 5.92 Å². The minimum atomic E-state index is -1.02. The zero-order valence-electron chi connectivity index (χ0n) is 16.9. The maximum Gasteiger partial charge on any atom is 0.326 e. The number of nitrogens with zero attached hydrogens (tertiary/aromatic N) is 1. The molecular formula is C19H34N4O4S. The number of nitrogens with one attached hydrogen (secondary N) is 2. The molecule has 9 heteroatoms. The fourth-order valence-corrected chi connectivity index (χ4v) is 4.95. The number of carboxylic acids is 1. The van der Waals surface area contributed by atoms with Gasteiger partial charge in [0.1, 0.15) is 6.04 Å². The molecule has 160 valence electrons. The van der Waals surface area contributed by atoms with Gasteiger partial charge >= 0.3 is 5.97 Å². The summed E-state index contributed by atoms with van der Waals surface area (Å²) in [5, 5.41) is 15.6. The van der Waals surface area contributed by atoms with Crippen molar-refractivity contribution in [3.63, 3.8) is 0 Å². The second-order valence-corrected chi connectivity index (χ2v) is 8.62. The van der Waals surface area contributed by atoms with Gasteiger partial charge in [0.15, 0.2) is 5.78 Å². The van der Waals surface area contributed by atoms with Crippen LogP contribution in [-0.2, 0) is 14.4 Å². The van der Waals surface area contributed by atoms with Crippen LogP contribution in [0.15, 0.2) is 0 Å². The van der Waals surface area contributed by atoms with Crippen molar-refractivity contribution < 1.29 is 19.5 Å². The molecular weight excluding hydrogens is 380 g/mol. The molecule has 1 amide bonds. The molecule has 2 fully saturated rings. The smallest absolute Gasteiger partial charge is 0.326 e. The van der Waals surface area contributed by atoms with Gasteiger partial charge in [0, 0.05) is 12.6 Å². The molecule has 0 saturated carbocycles. The summed E-state index contributed by atoms with van der Waals surface area (Å²) in [6, 6.07) is -1.85. The predicted molar refractivity (Wildman–Crippen MR) is 110 cm³/mol. The first-order valence-corrected chi connectivity index (χ1v) is 11.6. The van der Waals surface area contributed by atoms with E-state index < -0.39 is 24.1 Å². The van der Waals surface area contributed by atoms with Crippen LogP contribution < -0.4 is 16.4 Å². The second kappa shape index (κ2) is 11.1. The number of likely N-dealkylation sites (tertiary alicyclic amines) is 1. The Morgan fingerprint density at radius 2 is 2.11 bits per heavy atom. The first-order valence-electron chi connectivity index (χ1n) is 10.2. The molecule has 2 aliphatic heterocycles. The average Bonchev–Trinajstić information content (AvgIpc) is 3.35. The first-order chi connectivity index (χ1) is 13.4. The molecule has 5 N–H and O–H groups in total. The van der Waals surface area contributed by atoms with Crippen LogP contribution in [0.25, 0.3) is 0 Å². The van der Waals surface area contributed by atoms with E-state index in [-0.39, 0.29) is 30.2 Å². The van der Waals surface area contributed by atoms with E-state index in [1.807, 2.05) is 18.1 Å². The third kappa shape index (κ3) is 5.46. The summed E-state index contributed by atoms with van der Waals surface area (Å²) in [5.41, 5.74) is 5.69. The molecule has 0 bridgehead atoms. The number of carbonyl (C=O) groups is 3. The van der Waals surface area contributed by atoms with Crippen molar-refractivity contribution in [3.05, 3.63) is 0 Å². The summed E-state index contributed by atoms with van der Waals surface area (Å²) in [5.74, 6) is -0.614. The number of amides is 1. The Labute approximate surface area is 171 Å². The number of aliphatic carboxylic acids is 1. The highest BCUT2D eigenvalue weighted by Gasteiger charge is 2.46. The van der Waals surface area contributed by atoms with Crippen molar-refractivity contribution >= 4 is 29.4 Å². The van der Waals surface area contributed by atoms with Gasteiger partial charge in [-0.2, -0.15) is 11.8 Å². The van der Waals surface area contributed by atoms with E-state index in [1.54, 1.807) is 11.8 Å². The maximum atomic E-state index is 13.1. The fourth-order valence-electron chi connectivity index (χ4n) is 4.48. The van der Waals surface area contributed by atoms with E-state index in [0.29, 0.717) is 18.7 Å². The standard InChI is InChI=1S/C19H34N4O4S/c1-3-12-6-9-23(17(15(24)11-20)13-5-4-8-21-13)16(12)18(25)22-14(19(26)27)7-10-28-2/h12-14,16-17,21H,3-11,20H2,1-2H3,(H,22,25)(H,26,27)/t12-,13-,14?,16?,17?/m0/s1. The van der Waals surface area contributed by atoms with Crippen molar-refractivity contribution in [2.45, 2.75) is 63.2 Å². The topological polar surface area (TPSA) is 125 Å². The van der Waals surface area contributed by atoms with Crippen LogP contribution in [-0.4, -0.2) is 83.5 Å². The van der Waals surface area contributed by atoms with Gasteiger partial charge in [-0.3, -0.25) is 14.5 Å². The number of rotatable bonds is 11. The van der Waals surface area contributed by atoms with E-state index in [2.05, 4.69) is 10.6 Å². The molecule has 0 aliphatic carbocycles.